The first-order chi connectivity index (χ1) is 13.0. The van der Waals surface area contributed by atoms with Crippen LogP contribution >= 0.6 is 0 Å². The molecule has 144 valence electrons. The zero-order valence-corrected chi connectivity index (χ0v) is 16.5. The van der Waals surface area contributed by atoms with Crippen LogP contribution in [-0.4, -0.2) is 46.6 Å². The van der Waals surface area contributed by atoms with Gasteiger partial charge in [0.05, 0.1) is 24.0 Å². The van der Waals surface area contributed by atoms with Crippen molar-refractivity contribution >= 4 is 5.91 Å². The topological polar surface area (TPSA) is 55.3 Å². The molecule has 2 aromatic rings. The summed E-state index contributed by atoms with van der Waals surface area (Å²) < 4.78 is 5.88. The van der Waals surface area contributed by atoms with Gasteiger partial charge in [0, 0.05) is 24.8 Å². The molecule has 3 rings (SSSR count). The van der Waals surface area contributed by atoms with E-state index in [1.807, 2.05) is 42.2 Å². The van der Waals surface area contributed by atoms with E-state index in [1.54, 1.807) is 6.20 Å². The number of ether oxygens (including phenoxy) is 1. The van der Waals surface area contributed by atoms with E-state index in [0.717, 1.165) is 18.4 Å². The fraction of sp³-hybridized carbons (Fsp3) is 0.500. The second-order valence-corrected chi connectivity index (χ2v) is 7.61. The molecule has 1 unspecified atom stereocenters. The Morgan fingerprint density at radius 3 is 2.81 bits per heavy atom. The molecule has 5 heteroatoms. The lowest BCUT2D eigenvalue weighted by Gasteiger charge is -2.33. The van der Waals surface area contributed by atoms with Crippen molar-refractivity contribution in [2.75, 3.05) is 19.7 Å². The molecule has 0 spiro atoms. The minimum Gasteiger partial charge on any atom is -0.375 e. The van der Waals surface area contributed by atoms with Crippen molar-refractivity contribution in [3.63, 3.8) is 0 Å². The van der Waals surface area contributed by atoms with Crippen molar-refractivity contribution in [3.05, 3.63) is 47.9 Å². The predicted octanol–water partition coefficient (Wildman–Crippen LogP) is 4.12. The minimum absolute atomic E-state index is 0.00832. The molecular weight excluding hydrogens is 338 g/mol. The monoisotopic (exact) mass is 367 g/mol. The second kappa shape index (κ2) is 9.09. The van der Waals surface area contributed by atoms with Crippen LogP contribution in [0.4, 0.5) is 0 Å². The standard InChI is InChI=1S/C22H29N3O2/c1-16(2)8-7-11-19-15-25(12-13-27-19)22(26)20-14-23-17(3)24-21(20)18-9-5-4-6-10-18/h4-6,9-10,14,16,19H,7-8,11-13,15H2,1-3H3. The van der Waals surface area contributed by atoms with Crippen molar-refractivity contribution in [3.8, 4) is 11.3 Å². The van der Waals surface area contributed by atoms with Gasteiger partial charge in [-0.2, -0.15) is 0 Å². The van der Waals surface area contributed by atoms with E-state index in [1.165, 1.54) is 6.42 Å². The van der Waals surface area contributed by atoms with Crippen LogP contribution < -0.4 is 0 Å². The first-order valence-corrected chi connectivity index (χ1v) is 9.84. The number of hydrogen-bond donors (Lipinski definition) is 0. The highest BCUT2D eigenvalue weighted by Crippen LogP contribution is 2.24. The molecule has 0 radical (unpaired) electrons. The van der Waals surface area contributed by atoms with Crippen molar-refractivity contribution in [1.82, 2.24) is 14.9 Å². The van der Waals surface area contributed by atoms with Gasteiger partial charge < -0.3 is 9.64 Å². The third kappa shape index (κ3) is 5.13. The largest absolute Gasteiger partial charge is 0.375 e. The van der Waals surface area contributed by atoms with Crippen LogP contribution in [0.5, 0.6) is 0 Å². The Morgan fingerprint density at radius 1 is 1.30 bits per heavy atom. The number of carbonyl (C=O) groups excluding carboxylic acids is 1. The summed E-state index contributed by atoms with van der Waals surface area (Å²) in [5.41, 5.74) is 2.21. The van der Waals surface area contributed by atoms with Gasteiger partial charge in [-0.3, -0.25) is 4.79 Å². The van der Waals surface area contributed by atoms with E-state index >= 15 is 0 Å². The highest BCUT2D eigenvalue weighted by atomic mass is 16.5. The Balaban J connectivity index is 1.75. The number of carbonyl (C=O) groups is 1. The van der Waals surface area contributed by atoms with Crippen molar-refractivity contribution in [1.29, 1.82) is 0 Å². The van der Waals surface area contributed by atoms with Crippen LogP contribution in [0.3, 0.4) is 0 Å². The Kier molecular flexibility index (Phi) is 6.56. The lowest BCUT2D eigenvalue weighted by atomic mass is 10.0. The number of benzene rings is 1. The summed E-state index contributed by atoms with van der Waals surface area (Å²) in [5, 5.41) is 0. The summed E-state index contributed by atoms with van der Waals surface area (Å²) in [7, 11) is 0. The van der Waals surface area contributed by atoms with Crippen LogP contribution in [0.1, 0.15) is 49.3 Å². The summed E-state index contributed by atoms with van der Waals surface area (Å²) in [4.78, 5) is 24.0. The van der Waals surface area contributed by atoms with Gasteiger partial charge in [0.15, 0.2) is 0 Å². The number of hydrogen-bond acceptors (Lipinski definition) is 4. The van der Waals surface area contributed by atoms with Gasteiger partial charge >= 0.3 is 0 Å². The normalized spacial score (nSPS) is 17.3. The predicted molar refractivity (Wildman–Crippen MR) is 107 cm³/mol. The molecule has 27 heavy (non-hydrogen) atoms. The Labute approximate surface area is 161 Å². The van der Waals surface area contributed by atoms with Crippen LogP contribution in [0.15, 0.2) is 36.5 Å². The van der Waals surface area contributed by atoms with E-state index in [2.05, 4.69) is 23.8 Å². The fourth-order valence-corrected chi connectivity index (χ4v) is 3.45. The zero-order valence-electron chi connectivity index (χ0n) is 16.5. The number of aryl methyl sites for hydroxylation is 1. The smallest absolute Gasteiger partial charge is 0.257 e. The molecule has 0 bridgehead atoms. The van der Waals surface area contributed by atoms with E-state index in [9.17, 15) is 4.79 Å². The van der Waals surface area contributed by atoms with Crippen molar-refractivity contribution < 1.29 is 9.53 Å². The molecule has 1 atom stereocenters. The zero-order chi connectivity index (χ0) is 19.2. The fourth-order valence-electron chi connectivity index (χ4n) is 3.45. The molecule has 2 heterocycles. The van der Waals surface area contributed by atoms with E-state index in [-0.39, 0.29) is 12.0 Å². The van der Waals surface area contributed by atoms with E-state index in [0.29, 0.717) is 42.7 Å². The van der Waals surface area contributed by atoms with E-state index < -0.39 is 0 Å². The molecule has 1 amide bonds. The van der Waals surface area contributed by atoms with Gasteiger partial charge in [-0.1, -0.05) is 57.0 Å². The first-order valence-electron chi connectivity index (χ1n) is 9.84. The average Bonchev–Trinajstić information content (AvgIpc) is 2.68. The summed E-state index contributed by atoms with van der Waals surface area (Å²) in [6.07, 6.45) is 5.10. The lowest BCUT2D eigenvalue weighted by molar-refractivity contribution is -0.0260. The molecule has 0 aliphatic carbocycles. The molecule has 0 saturated carbocycles. The van der Waals surface area contributed by atoms with E-state index in [4.69, 9.17) is 4.74 Å². The average molecular weight is 367 g/mol. The van der Waals surface area contributed by atoms with Gasteiger partial charge in [0.25, 0.3) is 5.91 Å². The number of aromatic nitrogens is 2. The first kappa shape index (κ1) is 19.5. The van der Waals surface area contributed by atoms with Gasteiger partial charge in [0.1, 0.15) is 5.82 Å². The molecule has 1 aliphatic rings. The van der Waals surface area contributed by atoms with Gasteiger partial charge in [-0.15, -0.1) is 0 Å². The Bertz CT molecular complexity index is 761. The maximum Gasteiger partial charge on any atom is 0.257 e. The minimum atomic E-state index is -0.00832. The highest BCUT2D eigenvalue weighted by molar-refractivity contribution is 5.99. The summed E-state index contributed by atoms with van der Waals surface area (Å²) in [6.45, 7) is 8.16. The Hall–Kier alpha value is -2.27. The van der Waals surface area contributed by atoms with Crippen LogP contribution in [-0.2, 0) is 4.74 Å². The molecule has 1 fully saturated rings. The number of amides is 1. The second-order valence-electron chi connectivity index (χ2n) is 7.61. The molecular formula is C22H29N3O2. The van der Waals surface area contributed by atoms with Crippen molar-refractivity contribution in [2.24, 2.45) is 5.92 Å². The maximum absolute atomic E-state index is 13.2. The molecule has 1 saturated heterocycles. The third-order valence-corrected chi connectivity index (χ3v) is 4.92. The van der Waals surface area contributed by atoms with Gasteiger partial charge in [-0.25, -0.2) is 9.97 Å². The third-order valence-electron chi connectivity index (χ3n) is 4.92. The molecule has 1 aromatic heterocycles. The van der Waals surface area contributed by atoms with Gasteiger partial charge in [0.2, 0.25) is 0 Å². The number of nitrogens with zero attached hydrogens (tertiary/aromatic N) is 3. The highest BCUT2D eigenvalue weighted by Gasteiger charge is 2.27. The quantitative estimate of drug-likeness (QED) is 0.771. The Morgan fingerprint density at radius 2 is 2.07 bits per heavy atom. The van der Waals surface area contributed by atoms with Crippen LogP contribution in [0.25, 0.3) is 11.3 Å². The summed E-state index contributed by atoms with van der Waals surface area (Å²) >= 11 is 0. The molecule has 1 aliphatic heterocycles. The number of rotatable bonds is 6. The molecule has 0 N–H and O–H groups in total. The van der Waals surface area contributed by atoms with Crippen LogP contribution in [0, 0.1) is 12.8 Å². The lowest BCUT2D eigenvalue weighted by Crippen LogP contribution is -2.45. The number of morpholine rings is 1. The van der Waals surface area contributed by atoms with Gasteiger partial charge in [-0.05, 0) is 19.3 Å². The summed E-state index contributed by atoms with van der Waals surface area (Å²) in [5.74, 6) is 1.36. The van der Waals surface area contributed by atoms with Crippen LogP contribution in [0.2, 0.25) is 0 Å². The molecule has 1 aromatic carbocycles. The molecule has 5 nitrogen and oxygen atoms in total. The SMILES string of the molecule is Cc1ncc(C(=O)N2CCOC(CCCC(C)C)C2)c(-c2ccccc2)n1. The van der Waals surface area contributed by atoms with Crippen molar-refractivity contribution in [2.45, 2.75) is 46.1 Å². The maximum atomic E-state index is 13.2. The summed E-state index contributed by atoms with van der Waals surface area (Å²) in [6, 6.07) is 9.84.